The summed E-state index contributed by atoms with van der Waals surface area (Å²) < 4.78 is 0. The Bertz CT molecular complexity index is 66.9. The van der Waals surface area contributed by atoms with Crippen LogP contribution in [0.2, 0.25) is 0 Å². The molecule has 0 saturated heterocycles. The minimum atomic E-state index is 0. The largest absolute Gasteiger partial charge is 3.00 e. The van der Waals surface area contributed by atoms with Crippen LogP contribution in [0.5, 0.6) is 0 Å². The zero-order valence-electron chi connectivity index (χ0n) is 4.14. The Balaban J connectivity index is -0.0000000833. The maximum Gasteiger partial charge on any atom is 3.00 e. The smallest absolute Gasteiger partial charge is 1.00 e. The SMILES string of the molecule is [Br-].[Br-].[Zr+3].c1cc[cH-]c1. The Morgan fingerprint density at radius 2 is 1.25 bits per heavy atom. The quantitative estimate of drug-likeness (QED) is 0.423. The molecule has 1 radical (unpaired) electrons. The first-order chi connectivity index (χ1) is 2.50. The van der Waals surface area contributed by atoms with Crippen molar-refractivity contribution in [1.82, 2.24) is 0 Å². The fourth-order valence-electron chi connectivity index (χ4n) is 0.321. The normalized spacial score (nSPS) is 5.00. The molecule has 0 bridgehead atoms. The molecule has 8 heavy (non-hydrogen) atoms. The summed E-state index contributed by atoms with van der Waals surface area (Å²) in [7, 11) is 0. The van der Waals surface area contributed by atoms with Crippen LogP contribution in [-0.2, 0) is 26.2 Å². The monoisotopic (exact) mass is 313 g/mol. The third kappa shape index (κ3) is 7.19. The van der Waals surface area contributed by atoms with Crippen LogP contribution in [0, 0.1) is 0 Å². The van der Waals surface area contributed by atoms with Crippen molar-refractivity contribution in [2.24, 2.45) is 0 Å². The van der Waals surface area contributed by atoms with Crippen LogP contribution in [0.15, 0.2) is 30.3 Å². The molecule has 0 nitrogen and oxygen atoms in total. The molecule has 0 fully saturated rings. The van der Waals surface area contributed by atoms with Crippen molar-refractivity contribution in [1.29, 1.82) is 0 Å². The Hall–Kier alpha value is 1.19. The number of hydrogen-bond acceptors (Lipinski definition) is 0. The zero-order chi connectivity index (χ0) is 3.54. The molecule has 0 aliphatic rings. The van der Waals surface area contributed by atoms with E-state index in [1.165, 1.54) is 0 Å². The van der Waals surface area contributed by atoms with Gasteiger partial charge in [-0.15, -0.1) is 0 Å². The summed E-state index contributed by atoms with van der Waals surface area (Å²) in [6.45, 7) is 0. The maximum atomic E-state index is 2.00. The van der Waals surface area contributed by atoms with E-state index in [1.54, 1.807) is 0 Å². The second-order valence-corrected chi connectivity index (χ2v) is 0.962. The first-order valence-corrected chi connectivity index (χ1v) is 1.67. The minimum absolute atomic E-state index is 0. The molecule has 0 aliphatic heterocycles. The molecule has 0 spiro atoms. The molecule has 3 heteroatoms. The summed E-state index contributed by atoms with van der Waals surface area (Å²) in [5.74, 6) is 0. The Morgan fingerprint density at radius 1 is 0.875 bits per heavy atom. The molecule has 0 saturated carbocycles. The summed E-state index contributed by atoms with van der Waals surface area (Å²) in [6, 6.07) is 10.0. The average molecular weight is 316 g/mol. The van der Waals surface area contributed by atoms with Crippen LogP contribution < -0.4 is 34.0 Å². The van der Waals surface area contributed by atoms with Gasteiger partial charge in [-0.3, -0.25) is 0 Å². The third-order valence-corrected chi connectivity index (χ3v) is 0.556. The van der Waals surface area contributed by atoms with Crippen LogP contribution >= 0.6 is 0 Å². The molecular formula is C5H5Br2Zr. The van der Waals surface area contributed by atoms with Gasteiger partial charge >= 0.3 is 26.2 Å². The van der Waals surface area contributed by atoms with Crippen LogP contribution in [0.25, 0.3) is 0 Å². The van der Waals surface area contributed by atoms with E-state index in [1.807, 2.05) is 30.3 Å². The second-order valence-electron chi connectivity index (χ2n) is 0.962. The standard InChI is InChI=1S/C5H5.2BrH.Zr/c1-2-4-5-3-1;;;/h1-5H;2*1H;/q-1;;;+3/p-2. The van der Waals surface area contributed by atoms with Crippen LogP contribution in [-0.4, -0.2) is 0 Å². The van der Waals surface area contributed by atoms with Gasteiger partial charge in [0.05, 0.1) is 0 Å². The molecule has 43 valence electrons. The van der Waals surface area contributed by atoms with Gasteiger partial charge in [0.15, 0.2) is 0 Å². The van der Waals surface area contributed by atoms with Crippen molar-refractivity contribution in [2.75, 3.05) is 0 Å². The second kappa shape index (κ2) is 11.1. The fourth-order valence-corrected chi connectivity index (χ4v) is 0.321. The Morgan fingerprint density at radius 3 is 1.38 bits per heavy atom. The molecular weight excluding hydrogens is 311 g/mol. The fraction of sp³-hybridized carbons (Fsp3) is 0. The van der Waals surface area contributed by atoms with Gasteiger partial charge < -0.3 is 34.0 Å². The van der Waals surface area contributed by atoms with E-state index < -0.39 is 0 Å². The Kier molecular flexibility index (Phi) is 22.2. The Labute approximate surface area is 89.7 Å². The molecule has 0 N–H and O–H groups in total. The maximum absolute atomic E-state index is 2.00. The predicted octanol–water partition coefficient (Wildman–Crippen LogP) is -4.59. The van der Waals surface area contributed by atoms with Crippen molar-refractivity contribution >= 4 is 0 Å². The summed E-state index contributed by atoms with van der Waals surface area (Å²) in [4.78, 5) is 0. The molecule has 1 rings (SSSR count). The number of hydrogen-bond donors (Lipinski definition) is 0. The van der Waals surface area contributed by atoms with E-state index in [2.05, 4.69) is 0 Å². The van der Waals surface area contributed by atoms with Crippen molar-refractivity contribution in [3.05, 3.63) is 30.3 Å². The van der Waals surface area contributed by atoms with Gasteiger partial charge in [-0.1, -0.05) is 0 Å². The van der Waals surface area contributed by atoms with Gasteiger partial charge in [0.2, 0.25) is 0 Å². The summed E-state index contributed by atoms with van der Waals surface area (Å²) in [5, 5.41) is 0. The van der Waals surface area contributed by atoms with E-state index in [9.17, 15) is 0 Å². The molecule has 0 atom stereocenters. The van der Waals surface area contributed by atoms with Gasteiger partial charge in [0, 0.05) is 0 Å². The summed E-state index contributed by atoms with van der Waals surface area (Å²) in [6.07, 6.45) is 0. The van der Waals surface area contributed by atoms with E-state index in [0.29, 0.717) is 0 Å². The van der Waals surface area contributed by atoms with Crippen molar-refractivity contribution in [3.8, 4) is 0 Å². The molecule has 1 aromatic carbocycles. The van der Waals surface area contributed by atoms with Crippen LogP contribution in [0.1, 0.15) is 0 Å². The average Bonchev–Trinajstić information content (AvgIpc) is 1.76. The first-order valence-electron chi connectivity index (χ1n) is 1.67. The van der Waals surface area contributed by atoms with Crippen molar-refractivity contribution < 1.29 is 60.2 Å². The minimum Gasteiger partial charge on any atom is -1.00 e. The molecule has 0 amide bonds. The van der Waals surface area contributed by atoms with E-state index >= 15 is 0 Å². The van der Waals surface area contributed by atoms with E-state index in [-0.39, 0.29) is 60.2 Å². The third-order valence-electron chi connectivity index (χ3n) is 0.556. The van der Waals surface area contributed by atoms with Gasteiger partial charge in [-0.25, -0.2) is 12.1 Å². The van der Waals surface area contributed by atoms with Crippen molar-refractivity contribution in [3.63, 3.8) is 0 Å². The molecule has 0 unspecified atom stereocenters. The van der Waals surface area contributed by atoms with Crippen LogP contribution in [0.3, 0.4) is 0 Å². The van der Waals surface area contributed by atoms with E-state index in [0.717, 1.165) is 0 Å². The summed E-state index contributed by atoms with van der Waals surface area (Å²) in [5.41, 5.74) is 0. The van der Waals surface area contributed by atoms with Crippen molar-refractivity contribution in [2.45, 2.75) is 0 Å². The van der Waals surface area contributed by atoms with Gasteiger partial charge in [0.25, 0.3) is 0 Å². The molecule has 0 aliphatic carbocycles. The van der Waals surface area contributed by atoms with Gasteiger partial charge in [0.1, 0.15) is 0 Å². The predicted molar refractivity (Wildman–Crippen MR) is 22.0 cm³/mol. The van der Waals surface area contributed by atoms with E-state index in [4.69, 9.17) is 0 Å². The number of halogens is 2. The van der Waals surface area contributed by atoms with Gasteiger partial charge in [-0.2, -0.15) is 18.2 Å². The summed E-state index contributed by atoms with van der Waals surface area (Å²) >= 11 is 0. The molecule has 1 aromatic rings. The topological polar surface area (TPSA) is 0 Å². The molecule has 0 heterocycles. The van der Waals surface area contributed by atoms with Crippen LogP contribution in [0.4, 0.5) is 0 Å². The van der Waals surface area contributed by atoms with Gasteiger partial charge in [-0.05, 0) is 0 Å². The number of rotatable bonds is 0. The molecule has 0 aromatic heterocycles. The first kappa shape index (κ1) is 16.1. The zero-order valence-corrected chi connectivity index (χ0v) is 9.77.